The summed E-state index contributed by atoms with van der Waals surface area (Å²) in [7, 11) is 0. The van der Waals surface area contributed by atoms with Crippen molar-refractivity contribution in [1.29, 1.82) is 0 Å². The molecule has 0 atom stereocenters. The van der Waals surface area contributed by atoms with Crippen LogP contribution >= 0.6 is 0 Å². The van der Waals surface area contributed by atoms with E-state index in [0.717, 1.165) is 59.7 Å². The van der Waals surface area contributed by atoms with Gasteiger partial charge in [0, 0.05) is 16.8 Å². The van der Waals surface area contributed by atoms with Gasteiger partial charge in [-0.25, -0.2) is 0 Å². The molecule has 0 N–H and O–H groups in total. The summed E-state index contributed by atoms with van der Waals surface area (Å²) >= 11 is 0. The van der Waals surface area contributed by atoms with Gasteiger partial charge in [-0.15, -0.1) is 0 Å². The van der Waals surface area contributed by atoms with Crippen molar-refractivity contribution in [3.8, 4) is 0 Å². The van der Waals surface area contributed by atoms with Crippen molar-refractivity contribution in [2.75, 3.05) is 13.1 Å². The van der Waals surface area contributed by atoms with E-state index in [0.29, 0.717) is 12.1 Å². The van der Waals surface area contributed by atoms with Gasteiger partial charge in [0.05, 0.1) is 6.04 Å². The fourth-order valence-electron chi connectivity index (χ4n) is 4.76. The Morgan fingerprint density at radius 3 is 2.25 bits per heavy atom. The van der Waals surface area contributed by atoms with Crippen molar-refractivity contribution in [2.45, 2.75) is 65.0 Å². The minimum absolute atomic E-state index is 0.0542. The van der Waals surface area contributed by atoms with Crippen LogP contribution in [0.15, 0.2) is 35.1 Å². The highest BCUT2D eigenvalue weighted by atomic mass is 16.1. The second-order valence-electron chi connectivity index (χ2n) is 7.83. The molecule has 5 heteroatoms. The van der Waals surface area contributed by atoms with Crippen LogP contribution in [0.3, 0.4) is 0 Å². The van der Waals surface area contributed by atoms with E-state index in [2.05, 4.69) is 25.7 Å². The van der Waals surface area contributed by atoms with Crippen LogP contribution in [0.1, 0.15) is 58.1 Å². The smallest absolute Gasteiger partial charge is 0.186 e. The van der Waals surface area contributed by atoms with Gasteiger partial charge < -0.3 is 4.90 Å². The van der Waals surface area contributed by atoms with E-state index in [4.69, 9.17) is 10.2 Å². The molecular formula is C23H30N4O. The first-order chi connectivity index (χ1) is 13.7. The zero-order valence-electron chi connectivity index (χ0n) is 17.2. The number of aryl methyl sites for hydroxylation is 1. The molecule has 1 heterocycles. The van der Waals surface area contributed by atoms with Gasteiger partial charge in [0.15, 0.2) is 5.43 Å². The van der Waals surface area contributed by atoms with Crippen LogP contribution in [0.5, 0.6) is 0 Å². The highest BCUT2D eigenvalue weighted by Crippen LogP contribution is 2.31. The van der Waals surface area contributed by atoms with Gasteiger partial charge in [0.1, 0.15) is 11.0 Å². The Balaban J connectivity index is 1.74. The monoisotopic (exact) mass is 378 g/mol. The fourth-order valence-corrected chi connectivity index (χ4v) is 4.76. The summed E-state index contributed by atoms with van der Waals surface area (Å²) < 4.78 is 0. The third-order valence-electron chi connectivity index (χ3n) is 6.39. The van der Waals surface area contributed by atoms with Crippen molar-refractivity contribution in [1.82, 2.24) is 19.9 Å². The number of hydrogen-bond donors (Lipinski definition) is 0. The Bertz CT molecular complexity index is 1030. The molecule has 1 fully saturated rings. The highest BCUT2D eigenvalue weighted by molar-refractivity contribution is 6.03. The molecule has 0 saturated heterocycles. The minimum Gasteiger partial charge on any atom is -0.301 e. The first kappa shape index (κ1) is 19.1. The number of fused-ring (bicyclic) bond motifs is 3. The number of nitrogens with zero attached hydrogens (tertiary/aromatic N) is 4. The van der Waals surface area contributed by atoms with E-state index in [1.807, 2.05) is 29.1 Å². The standard InChI is InChI=1S/C23H30N4O/c1-4-16-15-21(28)19-9-7-8-10-20(19)23-22(16)24-27(25-23)18-13-11-17(12-14-18)26(5-2)6-3/h7-10,15,17-18H,4-6,11-14H2,1-3H3. The summed E-state index contributed by atoms with van der Waals surface area (Å²) in [6.45, 7) is 8.82. The average Bonchev–Trinajstić information content (AvgIpc) is 3.14. The van der Waals surface area contributed by atoms with Gasteiger partial charge in [-0.05, 0) is 56.8 Å². The Hall–Kier alpha value is -2.27. The van der Waals surface area contributed by atoms with E-state index in [1.165, 1.54) is 12.8 Å². The highest BCUT2D eigenvalue weighted by Gasteiger charge is 2.27. The van der Waals surface area contributed by atoms with Gasteiger partial charge in [-0.3, -0.25) is 4.79 Å². The van der Waals surface area contributed by atoms with E-state index in [1.54, 1.807) is 6.07 Å². The third-order valence-corrected chi connectivity index (χ3v) is 6.39. The summed E-state index contributed by atoms with van der Waals surface area (Å²) in [6, 6.07) is 10.6. The SMILES string of the molecule is CCc1cc(=O)c2ccccc2c2nn(C3CCC(N(CC)CC)CC3)nc12. The Kier molecular flexibility index (Phi) is 5.44. The molecule has 0 aliphatic heterocycles. The van der Waals surface area contributed by atoms with Gasteiger partial charge >= 0.3 is 0 Å². The van der Waals surface area contributed by atoms with Crippen molar-refractivity contribution < 1.29 is 0 Å². The van der Waals surface area contributed by atoms with Crippen LogP contribution in [0.25, 0.3) is 21.8 Å². The molecule has 0 radical (unpaired) electrons. The molecular weight excluding hydrogens is 348 g/mol. The number of benzene rings is 1. The number of rotatable bonds is 5. The van der Waals surface area contributed by atoms with E-state index in [-0.39, 0.29) is 5.43 Å². The lowest BCUT2D eigenvalue weighted by Gasteiger charge is -2.35. The Morgan fingerprint density at radius 2 is 1.61 bits per heavy atom. The molecule has 1 aliphatic carbocycles. The zero-order chi connectivity index (χ0) is 19.7. The quantitative estimate of drug-likeness (QED) is 0.663. The first-order valence-corrected chi connectivity index (χ1v) is 10.7. The van der Waals surface area contributed by atoms with Gasteiger partial charge in [0.25, 0.3) is 0 Å². The predicted molar refractivity (Wildman–Crippen MR) is 115 cm³/mol. The molecule has 0 unspecified atom stereocenters. The second-order valence-corrected chi connectivity index (χ2v) is 7.83. The molecule has 4 rings (SSSR count). The van der Waals surface area contributed by atoms with E-state index >= 15 is 0 Å². The van der Waals surface area contributed by atoms with E-state index in [9.17, 15) is 4.79 Å². The summed E-state index contributed by atoms with van der Waals surface area (Å²) in [5.41, 5.74) is 2.78. The minimum atomic E-state index is 0.0542. The lowest BCUT2D eigenvalue weighted by Crippen LogP contribution is -2.38. The Labute approximate surface area is 166 Å². The summed E-state index contributed by atoms with van der Waals surface area (Å²) in [4.78, 5) is 17.2. The summed E-state index contributed by atoms with van der Waals surface area (Å²) in [5, 5.41) is 11.5. The fraction of sp³-hybridized carbons (Fsp3) is 0.522. The molecule has 2 aromatic carbocycles. The van der Waals surface area contributed by atoms with Gasteiger partial charge in [-0.2, -0.15) is 15.0 Å². The zero-order valence-corrected chi connectivity index (χ0v) is 17.2. The number of hydrogen-bond acceptors (Lipinski definition) is 4. The van der Waals surface area contributed by atoms with Crippen LogP contribution in [0.4, 0.5) is 0 Å². The topological polar surface area (TPSA) is 51.0 Å². The van der Waals surface area contributed by atoms with Gasteiger partial charge in [0.2, 0.25) is 0 Å². The normalized spacial score (nSPS) is 20.3. The van der Waals surface area contributed by atoms with Gasteiger partial charge in [-0.1, -0.05) is 45.0 Å². The summed E-state index contributed by atoms with van der Waals surface area (Å²) in [6.07, 6.45) is 5.40. The van der Waals surface area contributed by atoms with Crippen molar-refractivity contribution >= 4 is 21.8 Å². The lowest BCUT2D eigenvalue weighted by atomic mass is 9.90. The molecule has 28 heavy (non-hydrogen) atoms. The van der Waals surface area contributed by atoms with Crippen molar-refractivity contribution in [3.63, 3.8) is 0 Å². The Morgan fingerprint density at radius 1 is 0.964 bits per heavy atom. The molecule has 0 amide bonds. The maximum Gasteiger partial charge on any atom is 0.186 e. The maximum atomic E-state index is 12.6. The molecule has 0 bridgehead atoms. The van der Waals surface area contributed by atoms with E-state index < -0.39 is 0 Å². The van der Waals surface area contributed by atoms with Crippen molar-refractivity contribution in [3.05, 3.63) is 46.1 Å². The molecule has 0 spiro atoms. The lowest BCUT2D eigenvalue weighted by molar-refractivity contribution is 0.143. The predicted octanol–water partition coefficient (Wildman–Crippen LogP) is 4.33. The van der Waals surface area contributed by atoms with Crippen molar-refractivity contribution in [2.24, 2.45) is 0 Å². The molecule has 5 nitrogen and oxygen atoms in total. The molecule has 1 aromatic heterocycles. The summed E-state index contributed by atoms with van der Waals surface area (Å²) in [5.74, 6) is 0. The second kappa shape index (κ2) is 8.00. The third kappa shape index (κ3) is 3.32. The van der Waals surface area contributed by atoms with Crippen LogP contribution in [0, 0.1) is 0 Å². The largest absolute Gasteiger partial charge is 0.301 e. The van der Waals surface area contributed by atoms with Crippen LogP contribution < -0.4 is 5.43 Å². The van der Waals surface area contributed by atoms with Crippen LogP contribution in [-0.4, -0.2) is 39.0 Å². The van der Waals surface area contributed by atoms with Crippen LogP contribution in [0.2, 0.25) is 0 Å². The first-order valence-electron chi connectivity index (χ1n) is 10.7. The average molecular weight is 379 g/mol. The molecule has 3 aromatic rings. The molecule has 1 saturated carbocycles. The molecule has 148 valence electrons. The molecule has 1 aliphatic rings. The maximum absolute atomic E-state index is 12.6. The van der Waals surface area contributed by atoms with Crippen LogP contribution in [-0.2, 0) is 6.42 Å². The number of aromatic nitrogens is 3.